The summed E-state index contributed by atoms with van der Waals surface area (Å²) < 4.78 is 0. The molecule has 0 fully saturated rings. The van der Waals surface area contributed by atoms with E-state index in [1.165, 1.54) is 33.4 Å². The van der Waals surface area contributed by atoms with Crippen molar-refractivity contribution in [1.82, 2.24) is 0 Å². The summed E-state index contributed by atoms with van der Waals surface area (Å²) in [7, 11) is 0. The van der Waals surface area contributed by atoms with E-state index in [4.69, 9.17) is 0 Å². The minimum Gasteiger partial charge on any atom is -0.0990 e. The van der Waals surface area contributed by atoms with Crippen molar-refractivity contribution in [1.29, 1.82) is 0 Å². The first-order chi connectivity index (χ1) is 12.7. The van der Waals surface area contributed by atoms with E-state index in [9.17, 15) is 0 Å². The van der Waals surface area contributed by atoms with Gasteiger partial charge in [0.05, 0.1) is 0 Å². The summed E-state index contributed by atoms with van der Waals surface area (Å²) in [4.78, 5) is 0. The zero-order chi connectivity index (χ0) is 18.8. The lowest BCUT2D eigenvalue weighted by atomic mass is 9.98. The molecule has 26 heavy (non-hydrogen) atoms. The molecule has 2 aromatic rings. The smallest absolute Gasteiger partial charge is 0.00258 e. The maximum Gasteiger partial charge on any atom is -0.00258 e. The second-order valence-electron chi connectivity index (χ2n) is 6.17. The molecule has 0 radical (unpaired) electrons. The average Bonchev–Trinajstić information content (AvgIpc) is 2.67. The van der Waals surface area contributed by atoms with Gasteiger partial charge < -0.3 is 0 Å². The highest BCUT2D eigenvalue weighted by atomic mass is 14.1. The molecule has 0 atom stereocenters. The Labute approximate surface area is 158 Å². The van der Waals surface area contributed by atoms with Crippen LogP contribution < -0.4 is 0 Å². The fourth-order valence-corrected chi connectivity index (χ4v) is 2.96. The number of allylic oxidation sites excluding steroid dienone is 9. The van der Waals surface area contributed by atoms with Crippen LogP contribution in [0.1, 0.15) is 43.0 Å². The van der Waals surface area contributed by atoms with Crippen molar-refractivity contribution < 1.29 is 0 Å². The van der Waals surface area contributed by atoms with Gasteiger partial charge in [-0.25, -0.2) is 0 Å². The number of rotatable bonds is 7. The molecular formula is C26H28. The molecule has 0 aliphatic carbocycles. The highest BCUT2D eigenvalue weighted by molar-refractivity contribution is 5.75. The van der Waals surface area contributed by atoms with Crippen LogP contribution in [0.5, 0.6) is 0 Å². The standard InChI is InChI=1S/C26H28/c1-5-9-23(8-4)25-16-12-21(13-17-25)20-22-14-18-26(19-15-22)24(10-6-2)11-7-3/h5-19H,2,20H2,1,3-4H3/b9-5-,11-7-,23-8+,24-10+. The van der Waals surface area contributed by atoms with Crippen molar-refractivity contribution in [3.8, 4) is 0 Å². The van der Waals surface area contributed by atoms with E-state index >= 15 is 0 Å². The third-order valence-corrected chi connectivity index (χ3v) is 4.28. The molecule has 0 nitrogen and oxygen atoms in total. The Morgan fingerprint density at radius 1 is 0.731 bits per heavy atom. The van der Waals surface area contributed by atoms with Crippen LogP contribution in [0, 0.1) is 0 Å². The fraction of sp³-hybridized carbons (Fsp3) is 0.154. The second kappa shape index (κ2) is 10.2. The van der Waals surface area contributed by atoms with Crippen molar-refractivity contribution in [2.24, 2.45) is 0 Å². The van der Waals surface area contributed by atoms with Crippen LogP contribution in [0.25, 0.3) is 11.1 Å². The van der Waals surface area contributed by atoms with Crippen LogP contribution in [0.2, 0.25) is 0 Å². The topological polar surface area (TPSA) is 0 Å². The summed E-state index contributed by atoms with van der Waals surface area (Å²) in [5, 5.41) is 0. The van der Waals surface area contributed by atoms with Crippen LogP contribution in [0.4, 0.5) is 0 Å². The molecule has 0 unspecified atom stereocenters. The van der Waals surface area contributed by atoms with Gasteiger partial charge in [0.25, 0.3) is 0 Å². The quantitative estimate of drug-likeness (QED) is 0.460. The van der Waals surface area contributed by atoms with E-state index in [2.05, 4.69) is 92.4 Å². The van der Waals surface area contributed by atoms with Gasteiger partial charge in [0.2, 0.25) is 0 Å². The molecule has 132 valence electrons. The lowest BCUT2D eigenvalue weighted by molar-refractivity contribution is 1.19. The molecule has 2 rings (SSSR count). The lowest BCUT2D eigenvalue weighted by Gasteiger charge is -2.07. The van der Waals surface area contributed by atoms with E-state index in [0.717, 1.165) is 6.42 Å². The van der Waals surface area contributed by atoms with Gasteiger partial charge in [-0.2, -0.15) is 0 Å². The van der Waals surface area contributed by atoms with Crippen molar-refractivity contribution in [2.45, 2.75) is 27.2 Å². The number of hydrogen-bond acceptors (Lipinski definition) is 0. The molecule has 0 N–H and O–H groups in total. The van der Waals surface area contributed by atoms with Crippen molar-refractivity contribution in [3.63, 3.8) is 0 Å². The van der Waals surface area contributed by atoms with Crippen LogP contribution >= 0.6 is 0 Å². The minimum atomic E-state index is 0.944. The second-order valence-corrected chi connectivity index (χ2v) is 6.17. The Hall–Kier alpha value is -2.86. The van der Waals surface area contributed by atoms with Gasteiger partial charge in [-0.15, -0.1) is 0 Å². The van der Waals surface area contributed by atoms with Gasteiger partial charge in [0.15, 0.2) is 0 Å². The Morgan fingerprint density at radius 2 is 1.19 bits per heavy atom. The van der Waals surface area contributed by atoms with Gasteiger partial charge >= 0.3 is 0 Å². The van der Waals surface area contributed by atoms with Crippen molar-refractivity contribution >= 4 is 11.1 Å². The zero-order valence-corrected chi connectivity index (χ0v) is 16.1. The van der Waals surface area contributed by atoms with E-state index in [0.29, 0.717) is 0 Å². The van der Waals surface area contributed by atoms with Gasteiger partial charge in [-0.1, -0.05) is 97.6 Å². The molecule has 0 aliphatic rings. The average molecular weight is 341 g/mol. The lowest BCUT2D eigenvalue weighted by Crippen LogP contribution is -1.90. The summed E-state index contributed by atoms with van der Waals surface area (Å²) in [6.45, 7) is 9.96. The van der Waals surface area contributed by atoms with E-state index in [1.54, 1.807) is 0 Å². The Balaban J connectivity index is 2.14. The molecule has 0 saturated heterocycles. The van der Waals surface area contributed by atoms with E-state index in [1.807, 2.05) is 26.0 Å². The van der Waals surface area contributed by atoms with Gasteiger partial charge in [-0.05, 0) is 60.6 Å². The molecule has 0 amide bonds. The first kappa shape index (κ1) is 19.5. The summed E-state index contributed by atoms with van der Waals surface area (Å²) in [5.74, 6) is 0. The molecule has 0 heterocycles. The minimum absolute atomic E-state index is 0.944. The van der Waals surface area contributed by atoms with Crippen LogP contribution in [-0.2, 0) is 6.42 Å². The van der Waals surface area contributed by atoms with E-state index in [-0.39, 0.29) is 0 Å². The molecule has 0 saturated carbocycles. The predicted octanol–water partition coefficient (Wildman–Crippen LogP) is 7.40. The Morgan fingerprint density at radius 3 is 1.62 bits per heavy atom. The maximum absolute atomic E-state index is 3.80. The highest BCUT2D eigenvalue weighted by Crippen LogP contribution is 2.20. The normalized spacial score (nSPS) is 12.9. The molecule has 0 spiro atoms. The summed E-state index contributed by atoms with van der Waals surface area (Å²) in [5.41, 5.74) is 7.56. The molecule has 0 aliphatic heterocycles. The molecular weight excluding hydrogens is 312 g/mol. The fourth-order valence-electron chi connectivity index (χ4n) is 2.96. The molecule has 2 aromatic carbocycles. The van der Waals surface area contributed by atoms with Crippen LogP contribution in [-0.4, -0.2) is 0 Å². The van der Waals surface area contributed by atoms with Crippen molar-refractivity contribution in [3.05, 3.63) is 120 Å². The Kier molecular flexibility index (Phi) is 7.64. The third kappa shape index (κ3) is 5.32. The molecule has 0 bridgehead atoms. The third-order valence-electron chi connectivity index (χ3n) is 4.28. The summed E-state index contributed by atoms with van der Waals surface area (Å²) >= 11 is 0. The van der Waals surface area contributed by atoms with Crippen LogP contribution in [0.3, 0.4) is 0 Å². The zero-order valence-electron chi connectivity index (χ0n) is 16.1. The molecule has 0 heteroatoms. The number of hydrogen-bond donors (Lipinski definition) is 0. The first-order valence-electron chi connectivity index (χ1n) is 9.14. The largest absolute Gasteiger partial charge is 0.0990 e. The monoisotopic (exact) mass is 340 g/mol. The predicted molar refractivity (Wildman–Crippen MR) is 117 cm³/mol. The van der Waals surface area contributed by atoms with Crippen molar-refractivity contribution in [2.75, 3.05) is 0 Å². The maximum atomic E-state index is 3.80. The summed E-state index contributed by atoms with van der Waals surface area (Å²) in [6, 6.07) is 17.6. The first-order valence-corrected chi connectivity index (χ1v) is 9.14. The van der Waals surface area contributed by atoms with Gasteiger partial charge in [0.1, 0.15) is 0 Å². The van der Waals surface area contributed by atoms with Crippen LogP contribution in [0.15, 0.2) is 97.6 Å². The van der Waals surface area contributed by atoms with E-state index < -0.39 is 0 Å². The summed E-state index contributed by atoms with van der Waals surface area (Å²) in [6.07, 6.45) is 15.3. The highest BCUT2D eigenvalue weighted by Gasteiger charge is 2.01. The Bertz CT molecular complexity index is 823. The van der Waals surface area contributed by atoms with Gasteiger partial charge in [0, 0.05) is 0 Å². The molecule has 0 aromatic heterocycles. The SMILES string of the molecule is C=C/C=C(\C=C/C)c1ccc(Cc2ccc(C(/C=C\C)=C/C)cc2)cc1. The van der Waals surface area contributed by atoms with Gasteiger partial charge in [-0.3, -0.25) is 0 Å². The number of benzene rings is 2.